The number of carbonyl (C=O) groups is 1. The van der Waals surface area contributed by atoms with Gasteiger partial charge in [-0.2, -0.15) is 13.2 Å². The number of imidazole rings is 1. The molecule has 1 aliphatic carbocycles. The van der Waals surface area contributed by atoms with Crippen LogP contribution in [0.25, 0.3) is 11.0 Å². The number of rotatable bonds is 6. The number of nitrogens with one attached hydrogen (secondary N) is 1. The number of halogens is 3. The van der Waals surface area contributed by atoms with E-state index >= 15 is 0 Å². The van der Waals surface area contributed by atoms with Gasteiger partial charge in [0, 0.05) is 6.04 Å². The van der Waals surface area contributed by atoms with Crippen molar-refractivity contribution in [3.63, 3.8) is 0 Å². The quantitative estimate of drug-likeness (QED) is 0.581. The van der Waals surface area contributed by atoms with E-state index in [1.807, 2.05) is 34.9 Å². The minimum atomic E-state index is -4.43. The lowest BCUT2D eigenvalue weighted by atomic mass is 10.2. The molecule has 4 rings (SSSR count). The molecule has 8 heteroatoms. The first kappa shape index (κ1) is 19.8. The summed E-state index contributed by atoms with van der Waals surface area (Å²) in [5.41, 5.74) is 1.15. The predicted octanol–water partition coefficient (Wildman–Crippen LogP) is 4.86. The van der Waals surface area contributed by atoms with E-state index < -0.39 is 17.0 Å². The average Bonchev–Trinajstić information content (AvgIpc) is 3.43. The molecule has 1 N–H and O–H groups in total. The number of hydrogen-bond donors (Lipinski definition) is 1. The topological polar surface area (TPSA) is 46.9 Å². The van der Waals surface area contributed by atoms with Crippen molar-refractivity contribution in [3.05, 3.63) is 59.7 Å². The summed E-state index contributed by atoms with van der Waals surface area (Å²) in [5.74, 6) is -0.0770. The monoisotopic (exact) mass is 419 g/mol. The third-order valence-electron chi connectivity index (χ3n) is 4.80. The van der Waals surface area contributed by atoms with Crippen molar-refractivity contribution in [2.75, 3.05) is 0 Å². The van der Waals surface area contributed by atoms with Crippen LogP contribution in [0.2, 0.25) is 0 Å². The van der Waals surface area contributed by atoms with Gasteiger partial charge >= 0.3 is 6.18 Å². The van der Waals surface area contributed by atoms with Crippen LogP contribution in [0.1, 0.15) is 30.9 Å². The number of carbonyl (C=O) groups excluding carboxylic acids is 1. The highest BCUT2D eigenvalue weighted by molar-refractivity contribution is 8.00. The van der Waals surface area contributed by atoms with Crippen molar-refractivity contribution in [2.45, 2.75) is 48.9 Å². The fraction of sp³-hybridized carbons (Fsp3) is 0.333. The van der Waals surface area contributed by atoms with Gasteiger partial charge in [0.25, 0.3) is 0 Å². The lowest BCUT2D eigenvalue weighted by Gasteiger charge is -2.13. The van der Waals surface area contributed by atoms with E-state index in [1.54, 1.807) is 6.92 Å². The Labute approximate surface area is 170 Å². The van der Waals surface area contributed by atoms with Gasteiger partial charge < -0.3 is 9.88 Å². The zero-order valence-corrected chi connectivity index (χ0v) is 16.6. The summed E-state index contributed by atoms with van der Waals surface area (Å²) in [6.45, 7) is 2.25. The Morgan fingerprint density at radius 3 is 2.62 bits per heavy atom. The molecule has 0 unspecified atom stereocenters. The van der Waals surface area contributed by atoms with Crippen molar-refractivity contribution in [1.82, 2.24) is 14.9 Å². The molecule has 1 atom stereocenters. The lowest BCUT2D eigenvalue weighted by Crippen LogP contribution is -2.32. The zero-order chi connectivity index (χ0) is 20.6. The van der Waals surface area contributed by atoms with Gasteiger partial charge in [0.1, 0.15) is 0 Å². The molecule has 0 radical (unpaired) electrons. The van der Waals surface area contributed by atoms with Crippen LogP contribution in [0.5, 0.6) is 0 Å². The number of thioether (sulfide) groups is 1. The van der Waals surface area contributed by atoms with Gasteiger partial charge in [0.05, 0.1) is 28.4 Å². The first-order valence-corrected chi connectivity index (χ1v) is 10.3. The summed E-state index contributed by atoms with van der Waals surface area (Å²) in [6, 6.07) is 13.5. The molecule has 0 spiro atoms. The van der Waals surface area contributed by atoms with E-state index in [2.05, 4.69) is 10.3 Å². The number of amides is 1. The maximum atomic E-state index is 13.1. The van der Waals surface area contributed by atoms with Crippen molar-refractivity contribution in [1.29, 1.82) is 0 Å². The summed E-state index contributed by atoms with van der Waals surface area (Å²) in [5, 5.41) is 3.09. The number of fused-ring (bicyclic) bond motifs is 1. The standard InChI is InChI=1S/C21H20F3N3OS/c1-13(19(28)25-16-8-9-16)29-20-26-17-11-15(21(22,23)24)7-10-18(17)27(20)12-14-5-3-2-4-6-14/h2-7,10-11,13,16H,8-9,12H2,1H3,(H,25,28)/t13-/m1/s1. The maximum Gasteiger partial charge on any atom is 0.416 e. The van der Waals surface area contributed by atoms with Crippen LogP contribution < -0.4 is 5.32 Å². The Hall–Kier alpha value is -2.48. The van der Waals surface area contributed by atoms with Crippen LogP contribution in [-0.4, -0.2) is 26.8 Å². The van der Waals surface area contributed by atoms with E-state index in [0.29, 0.717) is 17.2 Å². The van der Waals surface area contributed by atoms with Gasteiger partial charge in [-0.05, 0) is 43.5 Å². The van der Waals surface area contributed by atoms with Crippen molar-refractivity contribution in [2.24, 2.45) is 0 Å². The van der Waals surface area contributed by atoms with E-state index in [-0.39, 0.29) is 17.5 Å². The number of aromatic nitrogens is 2. The molecule has 1 heterocycles. The summed E-state index contributed by atoms with van der Waals surface area (Å²) >= 11 is 1.26. The molecule has 1 saturated carbocycles. The van der Waals surface area contributed by atoms with Gasteiger partial charge in [-0.25, -0.2) is 4.98 Å². The lowest BCUT2D eigenvalue weighted by molar-refractivity contribution is -0.137. The largest absolute Gasteiger partial charge is 0.416 e. The highest BCUT2D eigenvalue weighted by Gasteiger charge is 2.31. The average molecular weight is 419 g/mol. The second-order valence-corrected chi connectivity index (χ2v) is 8.52. The molecule has 1 aromatic heterocycles. The second-order valence-electron chi connectivity index (χ2n) is 7.21. The van der Waals surface area contributed by atoms with Crippen LogP contribution in [-0.2, 0) is 17.5 Å². The van der Waals surface area contributed by atoms with Crippen molar-refractivity contribution >= 4 is 28.7 Å². The molecule has 1 aliphatic rings. The van der Waals surface area contributed by atoms with Crippen LogP contribution in [0.15, 0.2) is 53.7 Å². The minimum absolute atomic E-state index is 0.0770. The maximum absolute atomic E-state index is 13.1. The molecule has 0 saturated heterocycles. The van der Waals surface area contributed by atoms with Gasteiger partial charge in [-0.15, -0.1) is 0 Å². The normalized spacial score (nSPS) is 15.4. The fourth-order valence-electron chi connectivity index (χ4n) is 3.05. The fourth-order valence-corrected chi connectivity index (χ4v) is 3.98. The molecule has 0 bridgehead atoms. The first-order valence-electron chi connectivity index (χ1n) is 9.40. The highest BCUT2D eigenvalue weighted by Crippen LogP contribution is 2.34. The molecule has 2 aromatic carbocycles. The smallest absolute Gasteiger partial charge is 0.352 e. The number of benzene rings is 2. The summed E-state index contributed by atoms with van der Waals surface area (Å²) in [7, 11) is 0. The Morgan fingerprint density at radius 2 is 1.97 bits per heavy atom. The van der Waals surface area contributed by atoms with Gasteiger partial charge in [-0.3, -0.25) is 4.79 Å². The molecular weight excluding hydrogens is 399 g/mol. The van der Waals surface area contributed by atoms with Crippen LogP contribution in [0.3, 0.4) is 0 Å². The molecule has 0 aliphatic heterocycles. The van der Waals surface area contributed by atoms with Crippen LogP contribution >= 0.6 is 11.8 Å². The zero-order valence-electron chi connectivity index (χ0n) is 15.7. The highest BCUT2D eigenvalue weighted by atomic mass is 32.2. The third kappa shape index (κ3) is 4.58. The summed E-state index contributed by atoms with van der Waals surface area (Å²) in [6.07, 6.45) is -2.44. The second kappa shape index (κ2) is 7.74. The number of hydrogen-bond acceptors (Lipinski definition) is 3. The Bertz CT molecular complexity index is 1030. The summed E-state index contributed by atoms with van der Waals surface area (Å²) in [4.78, 5) is 16.8. The molecule has 29 heavy (non-hydrogen) atoms. The first-order chi connectivity index (χ1) is 13.8. The predicted molar refractivity (Wildman–Crippen MR) is 107 cm³/mol. The van der Waals surface area contributed by atoms with Crippen molar-refractivity contribution in [3.8, 4) is 0 Å². The summed E-state index contributed by atoms with van der Waals surface area (Å²) < 4.78 is 41.2. The van der Waals surface area contributed by atoms with Gasteiger partial charge in [-0.1, -0.05) is 42.1 Å². The number of nitrogens with zero attached hydrogens (tertiary/aromatic N) is 2. The van der Waals surface area contributed by atoms with Crippen LogP contribution in [0, 0.1) is 0 Å². The van der Waals surface area contributed by atoms with E-state index in [4.69, 9.17) is 0 Å². The van der Waals surface area contributed by atoms with E-state index in [1.165, 1.54) is 17.8 Å². The number of alkyl halides is 3. The SMILES string of the molecule is C[C@@H](Sc1nc2cc(C(F)(F)F)ccc2n1Cc1ccccc1)C(=O)NC1CC1. The Morgan fingerprint density at radius 1 is 1.24 bits per heavy atom. The molecule has 1 amide bonds. The van der Waals surface area contributed by atoms with Gasteiger partial charge in [0.15, 0.2) is 5.16 Å². The Kier molecular flexibility index (Phi) is 5.29. The minimum Gasteiger partial charge on any atom is -0.352 e. The third-order valence-corrected chi connectivity index (χ3v) is 5.89. The van der Waals surface area contributed by atoms with Crippen molar-refractivity contribution < 1.29 is 18.0 Å². The van der Waals surface area contributed by atoms with E-state index in [9.17, 15) is 18.0 Å². The molecule has 152 valence electrons. The molecular formula is C21H20F3N3OS. The molecule has 3 aromatic rings. The van der Waals surface area contributed by atoms with Crippen LogP contribution in [0.4, 0.5) is 13.2 Å². The van der Waals surface area contributed by atoms with E-state index in [0.717, 1.165) is 30.5 Å². The molecule has 4 nitrogen and oxygen atoms in total. The van der Waals surface area contributed by atoms with Gasteiger partial charge in [0.2, 0.25) is 5.91 Å². The Balaban J connectivity index is 1.69. The molecule has 1 fully saturated rings.